The SMILES string of the molecule is NC(=O)CCNC(=O)N1C(C(=O)O)CCC2CCCCC21. The van der Waals surface area contributed by atoms with E-state index >= 15 is 0 Å². The first-order valence-electron chi connectivity index (χ1n) is 7.58. The van der Waals surface area contributed by atoms with E-state index in [-0.39, 0.29) is 25.0 Å². The zero-order chi connectivity index (χ0) is 15.4. The highest BCUT2D eigenvalue weighted by molar-refractivity contribution is 5.83. The molecule has 1 heterocycles. The number of hydrogen-bond donors (Lipinski definition) is 3. The van der Waals surface area contributed by atoms with E-state index in [9.17, 15) is 19.5 Å². The van der Waals surface area contributed by atoms with Crippen molar-refractivity contribution in [2.45, 2.75) is 57.0 Å². The number of piperidine rings is 1. The summed E-state index contributed by atoms with van der Waals surface area (Å²) in [6.45, 7) is 0.147. The number of nitrogens with two attached hydrogens (primary N) is 1. The molecule has 1 saturated heterocycles. The van der Waals surface area contributed by atoms with Gasteiger partial charge in [0.2, 0.25) is 5.91 Å². The Bertz CT molecular complexity index is 426. The minimum absolute atomic E-state index is 0.00202. The molecule has 0 radical (unpaired) electrons. The number of carboxylic acids is 1. The molecule has 3 unspecified atom stereocenters. The van der Waals surface area contributed by atoms with Crippen molar-refractivity contribution in [1.29, 1.82) is 0 Å². The van der Waals surface area contributed by atoms with Crippen molar-refractivity contribution < 1.29 is 19.5 Å². The molecule has 7 nitrogen and oxygen atoms in total. The summed E-state index contributed by atoms with van der Waals surface area (Å²) in [7, 11) is 0. The topological polar surface area (TPSA) is 113 Å². The Labute approximate surface area is 123 Å². The van der Waals surface area contributed by atoms with Crippen molar-refractivity contribution >= 4 is 17.9 Å². The number of carboxylic acid groups (broad SMARTS) is 1. The Balaban J connectivity index is 2.06. The highest BCUT2D eigenvalue weighted by atomic mass is 16.4. The van der Waals surface area contributed by atoms with Gasteiger partial charge in [0.15, 0.2) is 0 Å². The average molecular weight is 297 g/mol. The van der Waals surface area contributed by atoms with Crippen LogP contribution in [0, 0.1) is 5.92 Å². The largest absolute Gasteiger partial charge is 0.480 e. The number of carbonyl (C=O) groups is 3. The van der Waals surface area contributed by atoms with Crippen molar-refractivity contribution in [3.63, 3.8) is 0 Å². The third kappa shape index (κ3) is 3.65. The van der Waals surface area contributed by atoms with Crippen LogP contribution in [0.4, 0.5) is 4.79 Å². The molecule has 1 aliphatic carbocycles. The molecule has 3 amide bonds. The van der Waals surface area contributed by atoms with Gasteiger partial charge >= 0.3 is 12.0 Å². The van der Waals surface area contributed by atoms with Gasteiger partial charge in [-0.3, -0.25) is 4.79 Å². The monoisotopic (exact) mass is 297 g/mol. The summed E-state index contributed by atoms with van der Waals surface area (Å²) < 4.78 is 0. The average Bonchev–Trinajstić information content (AvgIpc) is 2.45. The molecule has 2 fully saturated rings. The Morgan fingerprint density at radius 3 is 2.52 bits per heavy atom. The number of aliphatic carboxylic acids is 1. The molecular weight excluding hydrogens is 274 g/mol. The highest BCUT2D eigenvalue weighted by Crippen LogP contribution is 2.37. The smallest absolute Gasteiger partial charge is 0.326 e. The summed E-state index contributed by atoms with van der Waals surface area (Å²) in [6.07, 6.45) is 5.52. The van der Waals surface area contributed by atoms with Crippen LogP contribution < -0.4 is 11.1 Å². The van der Waals surface area contributed by atoms with Crippen LogP contribution in [0.5, 0.6) is 0 Å². The first kappa shape index (κ1) is 15.6. The van der Waals surface area contributed by atoms with Crippen LogP contribution in [0.2, 0.25) is 0 Å². The number of hydrogen-bond acceptors (Lipinski definition) is 3. The van der Waals surface area contributed by atoms with E-state index in [1.54, 1.807) is 0 Å². The third-order valence-corrected chi connectivity index (χ3v) is 4.54. The Kier molecular flexibility index (Phi) is 5.03. The lowest BCUT2D eigenvalue weighted by molar-refractivity contribution is -0.145. The Morgan fingerprint density at radius 2 is 1.86 bits per heavy atom. The van der Waals surface area contributed by atoms with E-state index in [0.29, 0.717) is 12.3 Å². The third-order valence-electron chi connectivity index (χ3n) is 4.54. The maximum Gasteiger partial charge on any atom is 0.326 e. The van der Waals surface area contributed by atoms with Crippen LogP contribution in [0.3, 0.4) is 0 Å². The summed E-state index contributed by atoms with van der Waals surface area (Å²) in [5.41, 5.74) is 5.04. The number of amides is 3. The van der Waals surface area contributed by atoms with E-state index in [4.69, 9.17) is 5.73 Å². The van der Waals surface area contributed by atoms with Gasteiger partial charge in [0.1, 0.15) is 6.04 Å². The second-order valence-electron chi connectivity index (χ2n) is 5.90. The summed E-state index contributed by atoms with van der Waals surface area (Å²) in [5, 5.41) is 12.0. The zero-order valence-corrected chi connectivity index (χ0v) is 12.1. The van der Waals surface area contributed by atoms with Crippen LogP contribution >= 0.6 is 0 Å². The van der Waals surface area contributed by atoms with Crippen molar-refractivity contribution in [2.24, 2.45) is 11.7 Å². The summed E-state index contributed by atoms with van der Waals surface area (Å²) in [4.78, 5) is 36.0. The quantitative estimate of drug-likeness (QED) is 0.708. The minimum Gasteiger partial charge on any atom is -0.480 e. The molecule has 1 saturated carbocycles. The van der Waals surface area contributed by atoms with Crippen LogP contribution in [-0.2, 0) is 9.59 Å². The highest BCUT2D eigenvalue weighted by Gasteiger charge is 2.43. The molecule has 0 aromatic heterocycles. The molecule has 118 valence electrons. The maximum absolute atomic E-state index is 12.3. The van der Waals surface area contributed by atoms with E-state index in [1.807, 2.05) is 0 Å². The van der Waals surface area contributed by atoms with Gasteiger partial charge in [0.05, 0.1) is 0 Å². The number of carbonyl (C=O) groups excluding carboxylic acids is 2. The molecular formula is C14H23N3O4. The fraction of sp³-hybridized carbons (Fsp3) is 0.786. The van der Waals surface area contributed by atoms with Crippen LogP contribution in [0.25, 0.3) is 0 Å². The first-order chi connectivity index (χ1) is 10.0. The lowest BCUT2D eigenvalue weighted by atomic mass is 9.76. The number of rotatable bonds is 4. The van der Waals surface area contributed by atoms with E-state index in [0.717, 1.165) is 32.1 Å². The second kappa shape index (κ2) is 6.78. The molecule has 21 heavy (non-hydrogen) atoms. The molecule has 0 aromatic carbocycles. The summed E-state index contributed by atoms with van der Waals surface area (Å²) >= 11 is 0. The van der Waals surface area contributed by atoms with Gasteiger partial charge in [0.25, 0.3) is 0 Å². The van der Waals surface area contributed by atoms with Crippen molar-refractivity contribution in [1.82, 2.24) is 10.2 Å². The lowest BCUT2D eigenvalue weighted by Crippen LogP contribution is -2.60. The van der Waals surface area contributed by atoms with Gasteiger partial charge in [-0.05, 0) is 31.6 Å². The molecule has 2 aliphatic rings. The zero-order valence-electron chi connectivity index (χ0n) is 12.1. The normalized spacial score (nSPS) is 28.6. The predicted octanol–water partition coefficient (Wildman–Crippen LogP) is 0.679. The van der Waals surface area contributed by atoms with Crippen LogP contribution in [-0.4, -0.2) is 46.5 Å². The van der Waals surface area contributed by atoms with Crippen molar-refractivity contribution in [3.8, 4) is 0 Å². The van der Waals surface area contributed by atoms with Crippen LogP contribution in [0.1, 0.15) is 44.9 Å². The first-order valence-corrected chi connectivity index (χ1v) is 7.58. The van der Waals surface area contributed by atoms with Gasteiger partial charge in [-0.15, -0.1) is 0 Å². The molecule has 4 N–H and O–H groups in total. The molecule has 0 aromatic rings. The molecule has 3 atom stereocenters. The van der Waals surface area contributed by atoms with E-state index < -0.39 is 17.9 Å². The molecule has 0 spiro atoms. The number of nitrogens with one attached hydrogen (secondary N) is 1. The molecule has 1 aliphatic heterocycles. The predicted molar refractivity (Wildman–Crippen MR) is 75.5 cm³/mol. The van der Waals surface area contributed by atoms with Gasteiger partial charge in [0, 0.05) is 19.0 Å². The number of primary amides is 1. The minimum atomic E-state index is -0.955. The second-order valence-corrected chi connectivity index (χ2v) is 5.90. The lowest BCUT2D eigenvalue weighted by Gasteiger charge is -2.46. The molecule has 2 rings (SSSR count). The fourth-order valence-corrected chi connectivity index (χ4v) is 3.55. The van der Waals surface area contributed by atoms with E-state index in [1.165, 1.54) is 4.90 Å². The standard InChI is InChI=1S/C14H23N3O4/c15-12(18)7-8-16-14(21)17-10-4-2-1-3-9(10)5-6-11(17)13(19)20/h9-11H,1-8H2,(H2,15,18)(H,16,21)(H,19,20). The Hall–Kier alpha value is -1.79. The maximum atomic E-state index is 12.3. The number of nitrogens with zero attached hydrogens (tertiary/aromatic N) is 1. The molecule has 0 bridgehead atoms. The number of fused-ring (bicyclic) bond motifs is 1. The van der Waals surface area contributed by atoms with Gasteiger partial charge in [-0.2, -0.15) is 0 Å². The number of likely N-dealkylation sites (tertiary alicyclic amines) is 1. The summed E-state index contributed by atoms with van der Waals surface area (Å²) in [5.74, 6) is -1.04. The van der Waals surface area contributed by atoms with Gasteiger partial charge in [-0.1, -0.05) is 12.8 Å². The van der Waals surface area contributed by atoms with Crippen molar-refractivity contribution in [2.75, 3.05) is 6.54 Å². The number of urea groups is 1. The van der Waals surface area contributed by atoms with E-state index in [2.05, 4.69) is 5.32 Å². The summed E-state index contributed by atoms with van der Waals surface area (Å²) in [6, 6.07) is -1.15. The molecule has 7 heteroatoms. The fourth-order valence-electron chi connectivity index (χ4n) is 3.55. The van der Waals surface area contributed by atoms with Gasteiger partial charge < -0.3 is 21.1 Å². The van der Waals surface area contributed by atoms with Crippen LogP contribution in [0.15, 0.2) is 0 Å². The van der Waals surface area contributed by atoms with Crippen molar-refractivity contribution in [3.05, 3.63) is 0 Å². The Morgan fingerprint density at radius 1 is 1.14 bits per heavy atom. The van der Waals surface area contributed by atoms with Gasteiger partial charge in [-0.25, -0.2) is 9.59 Å².